The summed E-state index contributed by atoms with van der Waals surface area (Å²) in [7, 11) is 0. The molecule has 0 atom stereocenters. The van der Waals surface area contributed by atoms with Crippen LogP contribution in [0.25, 0.3) is 0 Å². The van der Waals surface area contributed by atoms with E-state index >= 15 is 0 Å². The van der Waals surface area contributed by atoms with Gasteiger partial charge in [-0.3, -0.25) is 0 Å². The fourth-order valence-corrected chi connectivity index (χ4v) is 2.35. The van der Waals surface area contributed by atoms with Gasteiger partial charge in [0, 0.05) is 18.8 Å². The number of hydrogen-bond donors (Lipinski definition) is 1. The summed E-state index contributed by atoms with van der Waals surface area (Å²) in [6.45, 7) is 9.15. The van der Waals surface area contributed by atoms with E-state index in [0.29, 0.717) is 5.92 Å². The summed E-state index contributed by atoms with van der Waals surface area (Å²) in [6, 6.07) is 9.11. The Bertz CT molecular complexity index is 321. The van der Waals surface area contributed by atoms with E-state index in [2.05, 4.69) is 48.3 Å². The molecule has 1 N–H and O–H groups in total. The molecule has 0 saturated carbocycles. The number of nitrogens with zero attached hydrogens (tertiary/aromatic N) is 1. The minimum atomic E-state index is 0.626. The highest BCUT2D eigenvalue weighted by molar-refractivity contribution is 5.48. The van der Waals surface area contributed by atoms with Crippen molar-refractivity contribution in [2.45, 2.75) is 32.6 Å². The number of anilines is 1. The van der Waals surface area contributed by atoms with Gasteiger partial charge in [-0.25, -0.2) is 0 Å². The van der Waals surface area contributed by atoms with E-state index in [-0.39, 0.29) is 0 Å². The first kappa shape index (κ1) is 12.4. The van der Waals surface area contributed by atoms with Crippen LogP contribution in [0.5, 0.6) is 0 Å². The number of nitrogens with one attached hydrogen (secondary N) is 1. The molecule has 2 nitrogen and oxygen atoms in total. The summed E-state index contributed by atoms with van der Waals surface area (Å²) in [5.74, 6) is 0.626. The highest BCUT2D eigenvalue weighted by atomic mass is 15.1. The standard InChI is InChI=1S/C15H24N2/c1-13(2)14-5-7-15(8-6-14)17-11-3-9-16-10-4-12-17/h5-8,13,16H,3-4,9-12H2,1-2H3. The molecule has 17 heavy (non-hydrogen) atoms. The SMILES string of the molecule is CC(C)c1ccc(N2CCCNCCC2)cc1. The van der Waals surface area contributed by atoms with Gasteiger partial charge in [-0.15, -0.1) is 0 Å². The van der Waals surface area contributed by atoms with E-state index in [1.54, 1.807) is 0 Å². The quantitative estimate of drug-likeness (QED) is 0.843. The Morgan fingerprint density at radius 2 is 1.59 bits per heavy atom. The molecule has 0 spiro atoms. The average molecular weight is 232 g/mol. The smallest absolute Gasteiger partial charge is 0.0366 e. The summed E-state index contributed by atoms with van der Waals surface area (Å²) < 4.78 is 0. The van der Waals surface area contributed by atoms with Gasteiger partial charge >= 0.3 is 0 Å². The lowest BCUT2D eigenvalue weighted by molar-refractivity contribution is 0.567. The molecular formula is C15H24N2. The molecule has 2 heteroatoms. The van der Waals surface area contributed by atoms with E-state index in [0.717, 1.165) is 13.1 Å². The van der Waals surface area contributed by atoms with Crippen molar-refractivity contribution in [2.24, 2.45) is 0 Å². The minimum absolute atomic E-state index is 0.626. The fourth-order valence-electron chi connectivity index (χ4n) is 2.35. The fraction of sp³-hybridized carbons (Fsp3) is 0.600. The Labute approximate surface area is 105 Å². The predicted molar refractivity (Wildman–Crippen MR) is 74.8 cm³/mol. The van der Waals surface area contributed by atoms with Crippen LogP contribution in [0, 0.1) is 0 Å². The molecule has 0 aromatic heterocycles. The molecule has 1 aliphatic heterocycles. The second-order valence-corrected chi connectivity index (χ2v) is 5.19. The molecular weight excluding hydrogens is 208 g/mol. The Balaban J connectivity index is 2.04. The van der Waals surface area contributed by atoms with Gasteiger partial charge in [-0.1, -0.05) is 26.0 Å². The van der Waals surface area contributed by atoms with Gasteiger partial charge in [0.25, 0.3) is 0 Å². The Kier molecular flexibility index (Phi) is 4.43. The summed E-state index contributed by atoms with van der Waals surface area (Å²) in [5.41, 5.74) is 2.82. The van der Waals surface area contributed by atoms with Crippen molar-refractivity contribution in [1.29, 1.82) is 0 Å². The number of hydrogen-bond acceptors (Lipinski definition) is 2. The second kappa shape index (κ2) is 6.06. The third-order valence-electron chi connectivity index (χ3n) is 3.49. The zero-order valence-electron chi connectivity index (χ0n) is 11.1. The van der Waals surface area contributed by atoms with Crippen LogP contribution in [0.1, 0.15) is 38.2 Å². The first-order valence-electron chi connectivity index (χ1n) is 6.83. The molecule has 1 fully saturated rings. The second-order valence-electron chi connectivity index (χ2n) is 5.19. The third-order valence-corrected chi connectivity index (χ3v) is 3.49. The molecule has 0 unspecified atom stereocenters. The Morgan fingerprint density at radius 1 is 1.00 bits per heavy atom. The summed E-state index contributed by atoms with van der Waals surface area (Å²) in [6.07, 6.45) is 2.48. The van der Waals surface area contributed by atoms with Crippen molar-refractivity contribution in [3.63, 3.8) is 0 Å². The van der Waals surface area contributed by atoms with E-state index in [1.807, 2.05) is 0 Å². The molecule has 0 bridgehead atoms. The van der Waals surface area contributed by atoms with Gasteiger partial charge in [0.2, 0.25) is 0 Å². The van der Waals surface area contributed by atoms with Crippen LogP contribution in [-0.2, 0) is 0 Å². The van der Waals surface area contributed by atoms with Crippen LogP contribution in [-0.4, -0.2) is 26.2 Å². The zero-order valence-corrected chi connectivity index (χ0v) is 11.1. The molecule has 0 radical (unpaired) electrons. The normalized spacial score (nSPS) is 17.9. The van der Waals surface area contributed by atoms with Gasteiger partial charge < -0.3 is 10.2 Å². The molecule has 1 heterocycles. The highest BCUT2D eigenvalue weighted by Gasteiger charge is 2.08. The molecule has 1 aliphatic rings. The zero-order chi connectivity index (χ0) is 12.1. The van der Waals surface area contributed by atoms with Gasteiger partial charge in [0.1, 0.15) is 0 Å². The van der Waals surface area contributed by atoms with Crippen molar-refractivity contribution < 1.29 is 0 Å². The lowest BCUT2D eigenvalue weighted by Crippen LogP contribution is -2.33. The van der Waals surface area contributed by atoms with Crippen molar-refractivity contribution in [1.82, 2.24) is 5.32 Å². The predicted octanol–water partition coefficient (Wildman–Crippen LogP) is 3.00. The Morgan fingerprint density at radius 3 is 2.12 bits per heavy atom. The van der Waals surface area contributed by atoms with Gasteiger partial charge in [0.05, 0.1) is 0 Å². The molecule has 1 saturated heterocycles. The molecule has 1 aromatic rings. The first-order chi connectivity index (χ1) is 8.27. The third kappa shape index (κ3) is 3.47. The van der Waals surface area contributed by atoms with E-state index in [1.165, 1.54) is 37.2 Å². The maximum Gasteiger partial charge on any atom is 0.0366 e. The Hall–Kier alpha value is -1.02. The monoisotopic (exact) mass is 232 g/mol. The maximum atomic E-state index is 3.46. The number of benzene rings is 1. The van der Waals surface area contributed by atoms with Crippen LogP contribution in [0.3, 0.4) is 0 Å². The molecule has 0 amide bonds. The van der Waals surface area contributed by atoms with Gasteiger partial charge in [-0.05, 0) is 49.5 Å². The average Bonchev–Trinajstić information content (AvgIpc) is 2.29. The van der Waals surface area contributed by atoms with Crippen molar-refractivity contribution in [2.75, 3.05) is 31.1 Å². The minimum Gasteiger partial charge on any atom is -0.371 e. The van der Waals surface area contributed by atoms with Crippen LogP contribution in [0.15, 0.2) is 24.3 Å². The largest absolute Gasteiger partial charge is 0.371 e. The topological polar surface area (TPSA) is 15.3 Å². The summed E-state index contributed by atoms with van der Waals surface area (Å²) in [4.78, 5) is 2.52. The maximum absolute atomic E-state index is 3.46. The van der Waals surface area contributed by atoms with Crippen molar-refractivity contribution in [3.8, 4) is 0 Å². The molecule has 1 aromatic carbocycles. The van der Waals surface area contributed by atoms with Crippen LogP contribution in [0.2, 0.25) is 0 Å². The molecule has 2 rings (SSSR count). The lowest BCUT2D eigenvalue weighted by atomic mass is 10.0. The van der Waals surface area contributed by atoms with Crippen molar-refractivity contribution in [3.05, 3.63) is 29.8 Å². The summed E-state index contributed by atoms with van der Waals surface area (Å²) >= 11 is 0. The number of rotatable bonds is 2. The van der Waals surface area contributed by atoms with Crippen LogP contribution >= 0.6 is 0 Å². The lowest BCUT2D eigenvalue weighted by Gasteiger charge is -2.27. The summed E-state index contributed by atoms with van der Waals surface area (Å²) in [5, 5.41) is 3.46. The van der Waals surface area contributed by atoms with E-state index in [9.17, 15) is 0 Å². The van der Waals surface area contributed by atoms with Crippen LogP contribution < -0.4 is 10.2 Å². The van der Waals surface area contributed by atoms with Gasteiger partial charge in [-0.2, -0.15) is 0 Å². The van der Waals surface area contributed by atoms with Crippen LogP contribution in [0.4, 0.5) is 5.69 Å². The first-order valence-corrected chi connectivity index (χ1v) is 6.83. The molecule has 0 aliphatic carbocycles. The van der Waals surface area contributed by atoms with Gasteiger partial charge in [0.15, 0.2) is 0 Å². The molecule has 94 valence electrons. The highest BCUT2D eigenvalue weighted by Crippen LogP contribution is 2.20. The van der Waals surface area contributed by atoms with Crippen molar-refractivity contribution >= 4 is 5.69 Å². The van der Waals surface area contributed by atoms with E-state index in [4.69, 9.17) is 0 Å². The van der Waals surface area contributed by atoms with E-state index < -0.39 is 0 Å².